The van der Waals surface area contributed by atoms with E-state index >= 15 is 0 Å². The average molecular weight is 583 g/mol. The molecule has 5 unspecified atom stereocenters. The summed E-state index contributed by atoms with van der Waals surface area (Å²) in [5.74, 6) is 0.0544. The minimum absolute atomic E-state index is 0.0525. The molecule has 5 atom stereocenters. The number of likely N-dealkylation sites (tertiary alicyclic amines) is 1. The van der Waals surface area contributed by atoms with Gasteiger partial charge in [0.05, 0.1) is 0 Å². The highest BCUT2D eigenvalue weighted by atomic mass is 16.6. The van der Waals surface area contributed by atoms with Crippen LogP contribution in [0.25, 0.3) is 0 Å². The van der Waals surface area contributed by atoms with Crippen LogP contribution in [0, 0.1) is 17.8 Å². The molecule has 9 heteroatoms. The fraction of sp³-hybridized carbons (Fsp3) is 0.636. The van der Waals surface area contributed by atoms with Gasteiger partial charge in [0.15, 0.2) is 0 Å². The number of hydrogen-bond donors (Lipinski definition) is 3. The Labute approximate surface area is 251 Å². The van der Waals surface area contributed by atoms with Crippen molar-refractivity contribution >= 4 is 23.8 Å². The predicted molar refractivity (Wildman–Crippen MR) is 163 cm³/mol. The molecule has 0 aromatic heterocycles. The van der Waals surface area contributed by atoms with Gasteiger partial charge in [-0.2, -0.15) is 0 Å². The second-order valence-electron chi connectivity index (χ2n) is 12.8. The Hall–Kier alpha value is -3.36. The Morgan fingerprint density at radius 3 is 2.17 bits per heavy atom. The van der Waals surface area contributed by atoms with E-state index in [9.17, 15) is 19.2 Å². The van der Waals surface area contributed by atoms with E-state index in [0.717, 1.165) is 44.9 Å². The Morgan fingerprint density at radius 2 is 1.64 bits per heavy atom. The van der Waals surface area contributed by atoms with Crippen LogP contribution in [-0.4, -0.2) is 59.5 Å². The first kappa shape index (κ1) is 33.1. The van der Waals surface area contributed by atoms with Crippen molar-refractivity contribution < 1.29 is 23.9 Å². The number of carbonyl (C=O) groups is 4. The number of rotatable bonds is 9. The topological polar surface area (TPSA) is 131 Å². The SMILES string of the molecule is C=C(C)C(N)=O.CC(C)CC(C)NC(=O)C1CCCN1C(=O)C(NC(=O)OC1CCCC1C)C1Cc2ccccc2C1. The number of benzene rings is 1. The Morgan fingerprint density at radius 1 is 1.02 bits per heavy atom. The zero-order valence-electron chi connectivity index (χ0n) is 26.0. The normalized spacial score (nSPS) is 22.9. The summed E-state index contributed by atoms with van der Waals surface area (Å²) in [4.78, 5) is 51.6. The summed E-state index contributed by atoms with van der Waals surface area (Å²) >= 11 is 0. The van der Waals surface area contributed by atoms with Crippen molar-refractivity contribution in [3.8, 4) is 0 Å². The third-order valence-electron chi connectivity index (χ3n) is 8.61. The van der Waals surface area contributed by atoms with Crippen LogP contribution < -0.4 is 16.4 Å². The third-order valence-corrected chi connectivity index (χ3v) is 8.61. The third kappa shape index (κ3) is 9.07. The lowest BCUT2D eigenvalue weighted by Gasteiger charge is -2.32. The molecule has 42 heavy (non-hydrogen) atoms. The fourth-order valence-electron chi connectivity index (χ4n) is 6.38. The number of nitrogens with zero attached hydrogens (tertiary/aromatic N) is 1. The van der Waals surface area contributed by atoms with E-state index in [4.69, 9.17) is 10.5 Å². The Bertz CT molecular complexity index is 1100. The second kappa shape index (κ2) is 15.2. The van der Waals surface area contributed by atoms with Gasteiger partial charge < -0.3 is 26.0 Å². The molecule has 3 aliphatic rings. The molecule has 1 heterocycles. The molecular formula is C33H50N4O5. The first-order valence-corrected chi connectivity index (χ1v) is 15.5. The molecule has 1 aliphatic heterocycles. The largest absolute Gasteiger partial charge is 0.446 e. The number of alkyl carbamates (subject to hydrolysis) is 1. The standard InChI is InChI=1S/C29H43N3O4.C4H7NO/c1-18(2)15-20(4)30-27(33)24-12-8-14-32(24)28(34)26(23-16-21-10-5-6-11-22(21)17-23)31-29(35)36-25-13-7-9-19(25)3;1-3(2)4(5)6/h5-6,10-11,18-20,23-26H,7-9,12-17H2,1-4H3,(H,30,33)(H,31,35);1H2,2H3,(H2,5,6). The zero-order chi connectivity index (χ0) is 31.0. The maximum atomic E-state index is 14.0. The minimum Gasteiger partial charge on any atom is -0.446 e. The lowest BCUT2D eigenvalue weighted by atomic mass is 9.95. The van der Waals surface area contributed by atoms with Gasteiger partial charge in [-0.1, -0.05) is 51.6 Å². The van der Waals surface area contributed by atoms with Crippen LogP contribution in [0.2, 0.25) is 0 Å². The number of amides is 4. The van der Waals surface area contributed by atoms with Gasteiger partial charge in [-0.3, -0.25) is 14.4 Å². The zero-order valence-corrected chi connectivity index (χ0v) is 26.0. The molecule has 0 spiro atoms. The molecule has 9 nitrogen and oxygen atoms in total. The van der Waals surface area contributed by atoms with Gasteiger partial charge in [-0.15, -0.1) is 0 Å². The highest BCUT2D eigenvalue weighted by Crippen LogP contribution is 2.32. The van der Waals surface area contributed by atoms with E-state index < -0.39 is 24.1 Å². The molecule has 2 fully saturated rings. The molecule has 1 saturated heterocycles. The van der Waals surface area contributed by atoms with Crippen molar-refractivity contribution in [2.75, 3.05) is 6.54 Å². The summed E-state index contributed by atoms with van der Waals surface area (Å²) < 4.78 is 5.77. The summed E-state index contributed by atoms with van der Waals surface area (Å²) in [6.07, 6.45) is 6.12. The van der Waals surface area contributed by atoms with Gasteiger partial charge in [0.1, 0.15) is 18.2 Å². The van der Waals surface area contributed by atoms with E-state index in [-0.39, 0.29) is 29.9 Å². The van der Waals surface area contributed by atoms with Crippen LogP contribution in [0.4, 0.5) is 4.79 Å². The molecule has 2 aliphatic carbocycles. The molecule has 4 amide bonds. The summed E-state index contributed by atoms with van der Waals surface area (Å²) in [7, 11) is 0. The molecule has 1 aromatic carbocycles. The van der Waals surface area contributed by atoms with E-state index in [1.807, 2.05) is 19.1 Å². The highest BCUT2D eigenvalue weighted by molar-refractivity contribution is 5.92. The van der Waals surface area contributed by atoms with E-state index in [1.54, 1.807) is 11.8 Å². The van der Waals surface area contributed by atoms with Crippen LogP contribution in [-0.2, 0) is 32.0 Å². The van der Waals surface area contributed by atoms with Gasteiger partial charge in [-0.05, 0) is 94.1 Å². The smallest absolute Gasteiger partial charge is 0.408 e. The van der Waals surface area contributed by atoms with Crippen molar-refractivity contribution in [3.05, 3.63) is 47.5 Å². The van der Waals surface area contributed by atoms with Crippen molar-refractivity contribution in [2.45, 2.75) is 110 Å². The molecule has 1 aromatic rings. The number of primary amides is 1. The summed E-state index contributed by atoms with van der Waals surface area (Å²) in [5, 5.41) is 6.07. The van der Waals surface area contributed by atoms with Crippen molar-refractivity contribution in [1.82, 2.24) is 15.5 Å². The van der Waals surface area contributed by atoms with Crippen LogP contribution in [0.5, 0.6) is 0 Å². The van der Waals surface area contributed by atoms with E-state index in [2.05, 4.69) is 50.1 Å². The van der Waals surface area contributed by atoms with E-state index in [0.29, 0.717) is 30.4 Å². The Balaban J connectivity index is 0.000000730. The van der Waals surface area contributed by atoms with Gasteiger partial charge in [0.2, 0.25) is 17.7 Å². The van der Waals surface area contributed by atoms with Crippen LogP contribution in [0.3, 0.4) is 0 Å². The number of nitrogens with one attached hydrogen (secondary N) is 2. The highest BCUT2D eigenvalue weighted by Gasteiger charge is 2.42. The quantitative estimate of drug-likeness (QED) is 0.374. The van der Waals surface area contributed by atoms with Crippen LogP contribution in [0.1, 0.15) is 84.3 Å². The van der Waals surface area contributed by atoms with Crippen molar-refractivity contribution in [2.24, 2.45) is 23.5 Å². The molecule has 4 N–H and O–H groups in total. The summed E-state index contributed by atoms with van der Waals surface area (Å²) in [6, 6.07) is 7.06. The lowest BCUT2D eigenvalue weighted by Crippen LogP contribution is -2.57. The summed E-state index contributed by atoms with van der Waals surface area (Å²) in [5.41, 5.74) is 7.54. The van der Waals surface area contributed by atoms with Gasteiger partial charge in [0, 0.05) is 18.2 Å². The second-order valence-corrected chi connectivity index (χ2v) is 12.8. The minimum atomic E-state index is -0.719. The molecule has 1 saturated carbocycles. The molecule has 232 valence electrons. The molecular weight excluding hydrogens is 532 g/mol. The van der Waals surface area contributed by atoms with Crippen LogP contribution >= 0.6 is 0 Å². The Kier molecular flexibility index (Phi) is 12.0. The number of nitrogens with two attached hydrogens (primary N) is 1. The average Bonchev–Trinajstić information content (AvgIpc) is 3.66. The monoisotopic (exact) mass is 582 g/mol. The summed E-state index contributed by atoms with van der Waals surface area (Å²) in [6.45, 7) is 13.8. The number of ether oxygens (including phenoxy) is 1. The maximum absolute atomic E-state index is 14.0. The van der Waals surface area contributed by atoms with Gasteiger partial charge in [0.25, 0.3) is 0 Å². The number of carbonyl (C=O) groups excluding carboxylic acids is 4. The lowest BCUT2D eigenvalue weighted by molar-refractivity contribution is -0.141. The van der Waals surface area contributed by atoms with Crippen molar-refractivity contribution in [1.29, 1.82) is 0 Å². The van der Waals surface area contributed by atoms with Gasteiger partial charge in [-0.25, -0.2) is 4.79 Å². The first-order valence-electron chi connectivity index (χ1n) is 15.5. The van der Waals surface area contributed by atoms with Crippen molar-refractivity contribution in [3.63, 3.8) is 0 Å². The van der Waals surface area contributed by atoms with E-state index in [1.165, 1.54) is 11.1 Å². The first-order chi connectivity index (χ1) is 19.9. The molecule has 4 rings (SSSR count). The molecule has 0 bridgehead atoms. The number of fused-ring (bicyclic) bond motifs is 1. The van der Waals surface area contributed by atoms with Gasteiger partial charge >= 0.3 is 6.09 Å². The van der Waals surface area contributed by atoms with Crippen LogP contribution in [0.15, 0.2) is 36.4 Å². The number of hydrogen-bond acceptors (Lipinski definition) is 5. The molecule has 0 radical (unpaired) electrons. The fourth-order valence-corrected chi connectivity index (χ4v) is 6.38. The maximum Gasteiger partial charge on any atom is 0.408 e. The predicted octanol–water partition coefficient (Wildman–Crippen LogP) is 4.27.